The van der Waals surface area contributed by atoms with E-state index in [1.807, 2.05) is 0 Å². The highest BCUT2D eigenvalue weighted by Gasteiger charge is 2.18. The van der Waals surface area contributed by atoms with Crippen LogP contribution in [0.3, 0.4) is 0 Å². The summed E-state index contributed by atoms with van der Waals surface area (Å²) in [4.78, 5) is 11.4. The molecule has 2 rings (SSSR count). The summed E-state index contributed by atoms with van der Waals surface area (Å²) in [6.45, 7) is 0.781. The van der Waals surface area contributed by atoms with E-state index < -0.39 is 0 Å². The lowest BCUT2D eigenvalue weighted by Crippen LogP contribution is -2.18. The molecular weight excluding hydrogens is 182 g/mol. The molecule has 76 valence electrons. The number of H-pyrrole nitrogens is 1. The van der Waals surface area contributed by atoms with E-state index in [9.17, 15) is 4.79 Å². The van der Waals surface area contributed by atoms with Crippen LogP contribution in [0, 0.1) is 0 Å². The number of hydrogen-bond acceptors (Lipinski definition) is 3. The number of aromatic nitrogens is 2. The van der Waals surface area contributed by atoms with Crippen LogP contribution in [0.2, 0.25) is 0 Å². The topological polar surface area (TPSA) is 67.0 Å². The molecule has 0 radical (unpaired) electrons. The van der Waals surface area contributed by atoms with E-state index in [4.69, 9.17) is 4.74 Å². The molecule has 1 aliphatic heterocycles. The summed E-state index contributed by atoms with van der Waals surface area (Å²) < 4.78 is 5.36. The number of anilines is 1. The molecular formula is C9H13N3O2. The van der Waals surface area contributed by atoms with Gasteiger partial charge >= 0.3 is 0 Å². The Hall–Kier alpha value is -1.36. The third-order valence-electron chi connectivity index (χ3n) is 2.22. The van der Waals surface area contributed by atoms with Gasteiger partial charge in [0.25, 0.3) is 0 Å². The Labute approximate surface area is 81.8 Å². The zero-order valence-electron chi connectivity index (χ0n) is 7.82. The summed E-state index contributed by atoms with van der Waals surface area (Å²) in [5.74, 6) is -0.0155. The summed E-state index contributed by atoms with van der Waals surface area (Å²) in [5.41, 5.74) is 0.702. The van der Waals surface area contributed by atoms with Gasteiger partial charge in [-0.25, -0.2) is 0 Å². The van der Waals surface area contributed by atoms with Crippen molar-refractivity contribution in [3.05, 3.63) is 12.4 Å². The number of carbonyl (C=O) groups is 1. The molecule has 5 heteroatoms. The highest BCUT2D eigenvalue weighted by atomic mass is 16.5. The number of ether oxygens (including phenoxy) is 1. The number of nitrogens with one attached hydrogen (secondary N) is 2. The molecule has 14 heavy (non-hydrogen) atoms. The Morgan fingerprint density at radius 1 is 1.79 bits per heavy atom. The fourth-order valence-electron chi connectivity index (χ4n) is 1.54. The Morgan fingerprint density at radius 2 is 2.71 bits per heavy atom. The number of aromatic amines is 1. The van der Waals surface area contributed by atoms with Gasteiger partial charge in [-0.1, -0.05) is 0 Å². The molecule has 1 aliphatic rings. The van der Waals surface area contributed by atoms with Crippen molar-refractivity contribution in [3.8, 4) is 0 Å². The number of carbonyl (C=O) groups excluding carboxylic acids is 1. The van der Waals surface area contributed by atoms with Crippen molar-refractivity contribution >= 4 is 11.6 Å². The van der Waals surface area contributed by atoms with Crippen molar-refractivity contribution < 1.29 is 9.53 Å². The summed E-state index contributed by atoms with van der Waals surface area (Å²) in [7, 11) is 0. The van der Waals surface area contributed by atoms with Gasteiger partial charge in [-0.15, -0.1) is 0 Å². The lowest BCUT2D eigenvalue weighted by molar-refractivity contribution is -0.118. The molecule has 5 nitrogen and oxygen atoms in total. The van der Waals surface area contributed by atoms with Crippen LogP contribution in [-0.2, 0) is 9.53 Å². The van der Waals surface area contributed by atoms with Gasteiger partial charge in [-0.3, -0.25) is 9.89 Å². The minimum atomic E-state index is -0.0155. The zero-order valence-corrected chi connectivity index (χ0v) is 7.82. The van der Waals surface area contributed by atoms with Gasteiger partial charge in [0.1, 0.15) is 0 Å². The third kappa shape index (κ3) is 2.32. The molecule has 1 saturated heterocycles. The van der Waals surface area contributed by atoms with E-state index in [0.29, 0.717) is 12.1 Å². The van der Waals surface area contributed by atoms with Crippen LogP contribution in [-0.4, -0.2) is 28.8 Å². The first-order chi connectivity index (χ1) is 6.84. The molecule has 1 aromatic rings. The lowest BCUT2D eigenvalue weighted by Gasteiger charge is -2.07. The van der Waals surface area contributed by atoms with Crippen molar-refractivity contribution in [1.82, 2.24) is 10.2 Å². The quantitative estimate of drug-likeness (QED) is 0.753. The van der Waals surface area contributed by atoms with E-state index in [-0.39, 0.29) is 12.0 Å². The van der Waals surface area contributed by atoms with Crippen LogP contribution < -0.4 is 5.32 Å². The predicted octanol–water partition coefficient (Wildman–Crippen LogP) is 0.917. The highest BCUT2D eigenvalue weighted by molar-refractivity contribution is 5.90. The minimum absolute atomic E-state index is 0.0155. The Bertz CT molecular complexity index is 291. The first-order valence-electron chi connectivity index (χ1n) is 4.75. The normalized spacial score (nSPS) is 21.0. The fraction of sp³-hybridized carbons (Fsp3) is 0.556. The zero-order chi connectivity index (χ0) is 9.80. The molecule has 2 N–H and O–H groups in total. The third-order valence-corrected chi connectivity index (χ3v) is 2.22. The average Bonchev–Trinajstić information content (AvgIpc) is 2.76. The van der Waals surface area contributed by atoms with E-state index in [1.54, 1.807) is 12.4 Å². The van der Waals surface area contributed by atoms with Crippen LogP contribution >= 0.6 is 0 Å². The highest BCUT2D eigenvalue weighted by Crippen LogP contribution is 2.15. The van der Waals surface area contributed by atoms with E-state index in [2.05, 4.69) is 15.5 Å². The molecule has 2 heterocycles. The molecule has 0 bridgehead atoms. The van der Waals surface area contributed by atoms with Gasteiger partial charge < -0.3 is 10.1 Å². The average molecular weight is 195 g/mol. The maximum Gasteiger partial charge on any atom is 0.227 e. The summed E-state index contributed by atoms with van der Waals surface area (Å²) in [6, 6.07) is 0. The van der Waals surface area contributed by atoms with Crippen LogP contribution in [0.15, 0.2) is 12.4 Å². The summed E-state index contributed by atoms with van der Waals surface area (Å²) in [6.07, 6.45) is 5.80. The molecule has 0 saturated carbocycles. The number of hydrogen-bond donors (Lipinski definition) is 2. The monoisotopic (exact) mass is 195 g/mol. The van der Waals surface area contributed by atoms with Gasteiger partial charge in [-0.2, -0.15) is 5.10 Å². The van der Waals surface area contributed by atoms with Crippen molar-refractivity contribution in [3.63, 3.8) is 0 Å². The molecule has 1 amide bonds. The summed E-state index contributed by atoms with van der Waals surface area (Å²) >= 11 is 0. The Morgan fingerprint density at radius 3 is 3.36 bits per heavy atom. The second-order valence-corrected chi connectivity index (χ2v) is 3.37. The maximum absolute atomic E-state index is 11.4. The van der Waals surface area contributed by atoms with Crippen LogP contribution in [0.1, 0.15) is 19.3 Å². The van der Waals surface area contributed by atoms with Gasteiger partial charge in [-0.05, 0) is 12.8 Å². The molecule has 1 aromatic heterocycles. The molecule has 0 aliphatic carbocycles. The maximum atomic E-state index is 11.4. The first kappa shape index (κ1) is 9.21. The molecule has 0 aromatic carbocycles. The second-order valence-electron chi connectivity index (χ2n) is 3.37. The largest absolute Gasteiger partial charge is 0.378 e. The van der Waals surface area contributed by atoms with Gasteiger partial charge in [0, 0.05) is 12.8 Å². The van der Waals surface area contributed by atoms with Crippen molar-refractivity contribution in [1.29, 1.82) is 0 Å². The van der Waals surface area contributed by atoms with E-state index in [1.165, 1.54) is 0 Å². The van der Waals surface area contributed by atoms with Gasteiger partial charge in [0.15, 0.2) is 0 Å². The van der Waals surface area contributed by atoms with Crippen molar-refractivity contribution in [2.24, 2.45) is 0 Å². The van der Waals surface area contributed by atoms with Gasteiger partial charge in [0.05, 0.1) is 24.4 Å². The molecule has 1 unspecified atom stereocenters. The van der Waals surface area contributed by atoms with E-state index in [0.717, 1.165) is 19.4 Å². The Kier molecular flexibility index (Phi) is 2.78. The van der Waals surface area contributed by atoms with Crippen LogP contribution in [0.5, 0.6) is 0 Å². The number of amides is 1. The van der Waals surface area contributed by atoms with Crippen molar-refractivity contribution in [2.75, 3.05) is 11.9 Å². The molecule has 1 fully saturated rings. The molecule has 0 spiro atoms. The lowest BCUT2D eigenvalue weighted by atomic mass is 10.2. The fourth-order valence-corrected chi connectivity index (χ4v) is 1.54. The SMILES string of the molecule is O=C(CC1CCCO1)Nc1cn[nH]c1. The number of rotatable bonds is 3. The van der Waals surface area contributed by atoms with Crippen LogP contribution in [0.4, 0.5) is 5.69 Å². The van der Waals surface area contributed by atoms with Crippen molar-refractivity contribution in [2.45, 2.75) is 25.4 Å². The van der Waals surface area contributed by atoms with Gasteiger partial charge in [0.2, 0.25) is 5.91 Å². The first-order valence-corrected chi connectivity index (χ1v) is 4.75. The number of nitrogens with zero attached hydrogens (tertiary/aromatic N) is 1. The second kappa shape index (κ2) is 4.23. The predicted molar refractivity (Wildman–Crippen MR) is 50.8 cm³/mol. The van der Waals surface area contributed by atoms with E-state index >= 15 is 0 Å². The summed E-state index contributed by atoms with van der Waals surface area (Å²) in [5, 5.41) is 9.10. The Balaban J connectivity index is 1.78. The van der Waals surface area contributed by atoms with Crippen LogP contribution in [0.25, 0.3) is 0 Å². The smallest absolute Gasteiger partial charge is 0.227 e. The standard InChI is InChI=1S/C9H13N3O2/c13-9(4-8-2-1-3-14-8)12-7-5-10-11-6-7/h5-6,8H,1-4H2,(H,10,11)(H,12,13). The minimum Gasteiger partial charge on any atom is -0.378 e. The molecule has 1 atom stereocenters.